The first-order chi connectivity index (χ1) is 11.6. The second-order valence-corrected chi connectivity index (χ2v) is 8.83. The highest BCUT2D eigenvalue weighted by molar-refractivity contribution is 9.10. The minimum absolute atomic E-state index is 0.0424. The minimum atomic E-state index is -0.462. The lowest BCUT2D eigenvalue weighted by Gasteiger charge is -2.50. The molecular formula is C17H19BrN2O3S. The first kappa shape index (κ1) is 15.5. The first-order valence-corrected chi connectivity index (χ1v) is 10.1. The molecule has 0 bridgehead atoms. The molecule has 7 heteroatoms. The van der Waals surface area contributed by atoms with E-state index in [0.29, 0.717) is 24.3 Å². The summed E-state index contributed by atoms with van der Waals surface area (Å²) >= 11 is 5.24. The molecule has 1 saturated carbocycles. The van der Waals surface area contributed by atoms with Crippen molar-refractivity contribution in [3.05, 3.63) is 28.2 Å². The molecule has 1 aliphatic carbocycles. The van der Waals surface area contributed by atoms with E-state index in [2.05, 4.69) is 22.0 Å². The van der Waals surface area contributed by atoms with Gasteiger partial charge >= 0.3 is 0 Å². The monoisotopic (exact) mass is 410 g/mol. The van der Waals surface area contributed by atoms with E-state index >= 15 is 0 Å². The summed E-state index contributed by atoms with van der Waals surface area (Å²) < 4.78 is 19.3. The molecule has 1 aromatic carbocycles. The molecular weight excluding hydrogens is 392 g/mol. The van der Waals surface area contributed by atoms with Crippen LogP contribution in [0.2, 0.25) is 0 Å². The van der Waals surface area contributed by atoms with Crippen molar-refractivity contribution in [2.45, 2.75) is 36.7 Å². The molecule has 0 aromatic heterocycles. The molecule has 0 radical (unpaired) electrons. The summed E-state index contributed by atoms with van der Waals surface area (Å²) in [6.45, 7) is 1.35. The van der Waals surface area contributed by atoms with Crippen LogP contribution in [0.15, 0.2) is 27.7 Å². The van der Waals surface area contributed by atoms with Gasteiger partial charge in [0.1, 0.15) is 17.4 Å². The van der Waals surface area contributed by atoms with Gasteiger partial charge in [-0.1, -0.05) is 27.7 Å². The Hall–Kier alpha value is -0.760. The lowest BCUT2D eigenvalue weighted by molar-refractivity contribution is -0.208. The highest BCUT2D eigenvalue weighted by atomic mass is 79.9. The summed E-state index contributed by atoms with van der Waals surface area (Å²) in [5.74, 6) is 1.62. The van der Waals surface area contributed by atoms with Crippen molar-refractivity contribution in [1.29, 1.82) is 0 Å². The van der Waals surface area contributed by atoms with Crippen molar-refractivity contribution < 1.29 is 14.2 Å². The Morgan fingerprint density at radius 1 is 1.29 bits per heavy atom. The third-order valence-electron chi connectivity index (χ3n) is 5.66. The van der Waals surface area contributed by atoms with Crippen molar-refractivity contribution in [1.82, 2.24) is 0 Å². The highest BCUT2D eigenvalue weighted by Crippen LogP contribution is 2.56. The number of hydrogen-bond acceptors (Lipinski definition) is 6. The van der Waals surface area contributed by atoms with Crippen LogP contribution < -0.4 is 10.5 Å². The summed E-state index contributed by atoms with van der Waals surface area (Å²) in [7, 11) is 0. The van der Waals surface area contributed by atoms with E-state index in [9.17, 15) is 0 Å². The molecule has 3 unspecified atom stereocenters. The molecule has 128 valence electrons. The summed E-state index contributed by atoms with van der Waals surface area (Å²) in [5.41, 5.74) is 6.94. The summed E-state index contributed by atoms with van der Waals surface area (Å²) in [6.07, 6.45) is 2.66. The maximum atomic E-state index is 6.40. The van der Waals surface area contributed by atoms with Crippen molar-refractivity contribution in [3.63, 3.8) is 0 Å². The SMILES string of the molecule is NC1=NC2(CS1)c1cc(Br)ccc1OC1CC3(CCC12)OCCO3. The zero-order valence-electron chi connectivity index (χ0n) is 13.2. The largest absolute Gasteiger partial charge is 0.489 e. The zero-order chi connectivity index (χ0) is 16.4. The molecule has 1 saturated heterocycles. The van der Waals surface area contributed by atoms with E-state index in [-0.39, 0.29) is 11.6 Å². The van der Waals surface area contributed by atoms with Crippen LogP contribution in [0, 0.1) is 5.92 Å². The number of hydrogen-bond donors (Lipinski definition) is 1. The van der Waals surface area contributed by atoms with E-state index in [1.807, 2.05) is 12.1 Å². The van der Waals surface area contributed by atoms with Gasteiger partial charge in [0.2, 0.25) is 0 Å². The van der Waals surface area contributed by atoms with Gasteiger partial charge in [-0.05, 0) is 24.6 Å². The number of nitrogens with two attached hydrogens (primary N) is 1. The Morgan fingerprint density at radius 2 is 2.12 bits per heavy atom. The van der Waals surface area contributed by atoms with E-state index in [1.165, 1.54) is 0 Å². The average molecular weight is 411 g/mol. The molecule has 3 atom stereocenters. The van der Waals surface area contributed by atoms with Crippen molar-refractivity contribution in [2.24, 2.45) is 16.6 Å². The quantitative estimate of drug-likeness (QED) is 0.711. The molecule has 2 fully saturated rings. The van der Waals surface area contributed by atoms with Crippen molar-refractivity contribution in [3.8, 4) is 5.75 Å². The fourth-order valence-corrected chi connectivity index (χ4v) is 6.01. The van der Waals surface area contributed by atoms with E-state index in [0.717, 1.165) is 40.8 Å². The number of benzene rings is 1. The van der Waals surface area contributed by atoms with Gasteiger partial charge in [0.05, 0.1) is 13.2 Å². The number of halogens is 1. The van der Waals surface area contributed by atoms with Crippen LogP contribution in [0.1, 0.15) is 24.8 Å². The van der Waals surface area contributed by atoms with E-state index in [1.54, 1.807) is 11.8 Å². The number of aliphatic imine (C=N–C) groups is 1. The van der Waals surface area contributed by atoms with Gasteiger partial charge in [0, 0.05) is 34.5 Å². The Bertz CT molecular complexity index is 722. The molecule has 4 aliphatic rings. The molecule has 1 aromatic rings. The third-order valence-corrected chi connectivity index (χ3v) is 7.13. The normalized spacial score (nSPS) is 36.3. The van der Waals surface area contributed by atoms with Crippen molar-refractivity contribution >= 4 is 32.9 Å². The van der Waals surface area contributed by atoms with E-state index < -0.39 is 5.79 Å². The van der Waals surface area contributed by atoms with Gasteiger partial charge < -0.3 is 19.9 Å². The molecule has 5 rings (SSSR count). The molecule has 0 amide bonds. The van der Waals surface area contributed by atoms with Gasteiger partial charge in [0.15, 0.2) is 11.0 Å². The van der Waals surface area contributed by atoms with Gasteiger partial charge in [0.25, 0.3) is 0 Å². The standard InChI is InChI=1S/C17H19BrN2O3S/c18-10-1-2-13-12(7-10)17(9-24-15(19)20-17)11-3-4-16(8-14(11)23-13)21-5-6-22-16/h1-2,7,11,14H,3-6,8-9H2,(H2,19,20). The maximum absolute atomic E-state index is 6.40. The maximum Gasteiger partial charge on any atom is 0.172 e. The number of rotatable bonds is 0. The molecule has 3 aliphatic heterocycles. The second kappa shape index (κ2) is 5.37. The number of amidine groups is 1. The lowest BCUT2D eigenvalue weighted by Crippen LogP contribution is -2.54. The summed E-state index contributed by atoms with van der Waals surface area (Å²) in [5, 5.41) is 0.676. The molecule has 2 spiro atoms. The number of fused-ring (bicyclic) bond motifs is 4. The molecule has 2 N–H and O–H groups in total. The van der Waals surface area contributed by atoms with Crippen LogP contribution in [0.25, 0.3) is 0 Å². The van der Waals surface area contributed by atoms with Gasteiger partial charge in [-0.3, -0.25) is 0 Å². The number of nitrogens with zero attached hydrogens (tertiary/aromatic N) is 1. The van der Waals surface area contributed by atoms with Crippen LogP contribution in [0.4, 0.5) is 0 Å². The predicted octanol–water partition coefficient (Wildman–Crippen LogP) is 3.01. The van der Waals surface area contributed by atoms with Crippen LogP contribution in [0.5, 0.6) is 5.75 Å². The topological polar surface area (TPSA) is 66.1 Å². The lowest BCUT2D eigenvalue weighted by atomic mass is 9.67. The second-order valence-electron chi connectivity index (χ2n) is 6.92. The fourth-order valence-electron chi connectivity index (χ4n) is 4.62. The van der Waals surface area contributed by atoms with Gasteiger partial charge in [-0.15, -0.1) is 0 Å². The Morgan fingerprint density at radius 3 is 2.88 bits per heavy atom. The summed E-state index contributed by atoms with van der Waals surface area (Å²) in [4.78, 5) is 4.94. The Labute approximate surface area is 153 Å². The van der Waals surface area contributed by atoms with E-state index in [4.69, 9.17) is 24.9 Å². The zero-order valence-corrected chi connectivity index (χ0v) is 15.6. The summed E-state index contributed by atoms with van der Waals surface area (Å²) in [6, 6.07) is 6.19. The average Bonchev–Trinajstić information content (AvgIpc) is 3.17. The van der Waals surface area contributed by atoms with Crippen LogP contribution in [0.3, 0.4) is 0 Å². The molecule has 24 heavy (non-hydrogen) atoms. The third kappa shape index (κ3) is 2.18. The van der Waals surface area contributed by atoms with Crippen LogP contribution >= 0.6 is 27.7 Å². The molecule has 3 heterocycles. The predicted molar refractivity (Wildman–Crippen MR) is 96.3 cm³/mol. The molecule has 5 nitrogen and oxygen atoms in total. The highest BCUT2D eigenvalue weighted by Gasteiger charge is 2.58. The number of thioether (sulfide) groups is 1. The first-order valence-electron chi connectivity index (χ1n) is 8.33. The van der Waals surface area contributed by atoms with Gasteiger partial charge in [-0.2, -0.15) is 0 Å². The Kier molecular flexibility index (Phi) is 3.46. The van der Waals surface area contributed by atoms with Gasteiger partial charge in [-0.25, -0.2) is 4.99 Å². The fraction of sp³-hybridized carbons (Fsp3) is 0.588. The van der Waals surface area contributed by atoms with Crippen LogP contribution in [-0.4, -0.2) is 36.0 Å². The van der Waals surface area contributed by atoms with Crippen LogP contribution in [-0.2, 0) is 15.0 Å². The Balaban J connectivity index is 1.60. The number of ether oxygens (including phenoxy) is 3. The minimum Gasteiger partial charge on any atom is -0.489 e. The van der Waals surface area contributed by atoms with Crippen molar-refractivity contribution in [2.75, 3.05) is 19.0 Å². The smallest absolute Gasteiger partial charge is 0.172 e.